The number of carbonyl (C=O) groups excluding carboxylic acids is 1. The molecule has 1 saturated heterocycles. The van der Waals surface area contributed by atoms with Crippen molar-refractivity contribution >= 4 is 12.1 Å². The molecule has 8 heteroatoms. The van der Waals surface area contributed by atoms with Gasteiger partial charge in [0, 0.05) is 25.7 Å². The number of amides is 1. The lowest BCUT2D eigenvalue weighted by molar-refractivity contribution is -0.142. The first-order chi connectivity index (χ1) is 13.1. The van der Waals surface area contributed by atoms with Crippen molar-refractivity contribution < 1.29 is 28.9 Å². The normalized spacial score (nSPS) is 15.4. The minimum atomic E-state index is -0.976. The SMILES string of the molecule is O=C(O)COCCOCCN1CCC(NC(=O)OCc2ccccc2)CC1. The Morgan fingerprint density at radius 2 is 1.78 bits per heavy atom. The van der Waals surface area contributed by atoms with E-state index >= 15 is 0 Å². The van der Waals surface area contributed by atoms with E-state index in [1.54, 1.807) is 0 Å². The lowest BCUT2D eigenvalue weighted by Crippen LogP contribution is -2.45. The number of hydrogen-bond donors (Lipinski definition) is 2. The number of hydrogen-bond acceptors (Lipinski definition) is 6. The maximum absolute atomic E-state index is 11.9. The van der Waals surface area contributed by atoms with Gasteiger partial charge in [0.25, 0.3) is 0 Å². The highest BCUT2D eigenvalue weighted by molar-refractivity contribution is 5.68. The van der Waals surface area contributed by atoms with Gasteiger partial charge in [-0.1, -0.05) is 30.3 Å². The lowest BCUT2D eigenvalue weighted by atomic mass is 10.1. The standard InChI is InChI=1S/C19H28N2O6/c22-18(23)15-26-13-12-25-11-10-21-8-6-17(7-9-21)20-19(24)27-14-16-4-2-1-3-5-16/h1-5,17H,6-15H2,(H,20,24)(H,22,23). The zero-order valence-corrected chi connectivity index (χ0v) is 15.5. The van der Waals surface area contributed by atoms with Crippen molar-refractivity contribution in [3.05, 3.63) is 35.9 Å². The van der Waals surface area contributed by atoms with Crippen molar-refractivity contribution in [3.8, 4) is 0 Å². The summed E-state index contributed by atoms with van der Waals surface area (Å²) in [6, 6.07) is 9.74. The molecule has 0 bridgehead atoms. The van der Waals surface area contributed by atoms with Crippen LogP contribution in [0.3, 0.4) is 0 Å². The van der Waals surface area contributed by atoms with Gasteiger partial charge >= 0.3 is 12.1 Å². The van der Waals surface area contributed by atoms with Crippen LogP contribution in [-0.4, -0.2) is 74.2 Å². The number of alkyl carbamates (subject to hydrolysis) is 1. The highest BCUT2D eigenvalue weighted by atomic mass is 16.5. The first-order valence-corrected chi connectivity index (χ1v) is 9.20. The van der Waals surface area contributed by atoms with Crippen LogP contribution in [0.5, 0.6) is 0 Å². The molecule has 1 aliphatic rings. The van der Waals surface area contributed by atoms with E-state index in [2.05, 4.69) is 10.2 Å². The molecule has 27 heavy (non-hydrogen) atoms. The highest BCUT2D eigenvalue weighted by Gasteiger charge is 2.20. The first kappa shape index (κ1) is 21.1. The molecule has 1 fully saturated rings. The van der Waals surface area contributed by atoms with Gasteiger partial charge in [0.05, 0.1) is 19.8 Å². The second-order valence-corrected chi connectivity index (χ2v) is 6.38. The second-order valence-electron chi connectivity index (χ2n) is 6.38. The van der Waals surface area contributed by atoms with Crippen LogP contribution in [0.25, 0.3) is 0 Å². The minimum absolute atomic E-state index is 0.134. The van der Waals surface area contributed by atoms with Crippen LogP contribution in [0.1, 0.15) is 18.4 Å². The molecule has 1 aliphatic heterocycles. The Morgan fingerprint density at radius 1 is 1.07 bits per heavy atom. The molecule has 1 aromatic rings. The fourth-order valence-corrected chi connectivity index (χ4v) is 2.81. The number of likely N-dealkylation sites (tertiary alicyclic amines) is 1. The predicted octanol–water partition coefficient (Wildman–Crippen LogP) is 1.50. The molecule has 1 amide bonds. The lowest BCUT2D eigenvalue weighted by Gasteiger charge is -2.31. The number of rotatable bonds is 11. The molecular formula is C19H28N2O6. The van der Waals surface area contributed by atoms with Crippen LogP contribution >= 0.6 is 0 Å². The van der Waals surface area contributed by atoms with Crippen molar-refractivity contribution in [3.63, 3.8) is 0 Å². The zero-order valence-electron chi connectivity index (χ0n) is 15.5. The fraction of sp³-hybridized carbons (Fsp3) is 0.579. The Bertz CT molecular complexity index is 561. The maximum atomic E-state index is 11.9. The van der Waals surface area contributed by atoms with Crippen LogP contribution in [-0.2, 0) is 25.6 Å². The van der Waals surface area contributed by atoms with Gasteiger partial charge in [-0.15, -0.1) is 0 Å². The van der Waals surface area contributed by atoms with Gasteiger partial charge in [0.15, 0.2) is 0 Å². The van der Waals surface area contributed by atoms with E-state index in [0.717, 1.165) is 38.0 Å². The number of carboxylic acid groups (broad SMARTS) is 1. The summed E-state index contributed by atoms with van der Waals surface area (Å²) in [5.41, 5.74) is 0.968. The Kier molecular flexibility index (Phi) is 9.61. The van der Waals surface area contributed by atoms with Crippen molar-refractivity contribution in [1.82, 2.24) is 10.2 Å². The minimum Gasteiger partial charge on any atom is -0.480 e. The summed E-state index contributed by atoms with van der Waals surface area (Å²) in [6.07, 6.45) is 1.38. The molecule has 150 valence electrons. The third-order valence-corrected chi connectivity index (χ3v) is 4.27. The zero-order chi connectivity index (χ0) is 19.3. The van der Waals surface area contributed by atoms with Gasteiger partial charge in [-0.05, 0) is 18.4 Å². The molecule has 1 aromatic carbocycles. The third-order valence-electron chi connectivity index (χ3n) is 4.27. The number of nitrogens with one attached hydrogen (secondary N) is 1. The molecule has 0 aromatic heterocycles. The average molecular weight is 380 g/mol. The van der Waals surface area contributed by atoms with E-state index in [1.165, 1.54) is 0 Å². The topological polar surface area (TPSA) is 97.3 Å². The van der Waals surface area contributed by atoms with Gasteiger partial charge in [-0.3, -0.25) is 0 Å². The van der Waals surface area contributed by atoms with Crippen LogP contribution in [0.2, 0.25) is 0 Å². The van der Waals surface area contributed by atoms with Gasteiger partial charge in [0.2, 0.25) is 0 Å². The van der Waals surface area contributed by atoms with Crippen LogP contribution in [0.4, 0.5) is 4.79 Å². The first-order valence-electron chi connectivity index (χ1n) is 9.20. The molecule has 0 aliphatic carbocycles. The summed E-state index contributed by atoms with van der Waals surface area (Å²) in [6.45, 7) is 3.82. The summed E-state index contributed by atoms with van der Waals surface area (Å²) in [5, 5.41) is 11.4. The molecule has 0 atom stereocenters. The number of carbonyl (C=O) groups is 2. The van der Waals surface area contributed by atoms with Gasteiger partial charge in [-0.2, -0.15) is 0 Å². The summed E-state index contributed by atoms with van der Waals surface area (Å²) in [4.78, 5) is 24.5. The Balaban J connectivity index is 1.48. The molecule has 8 nitrogen and oxygen atoms in total. The molecule has 0 saturated carbocycles. The Hall–Kier alpha value is -2.16. The number of aliphatic carboxylic acids is 1. The highest BCUT2D eigenvalue weighted by Crippen LogP contribution is 2.10. The third kappa shape index (κ3) is 9.37. The second kappa shape index (κ2) is 12.3. The van der Waals surface area contributed by atoms with E-state index in [4.69, 9.17) is 19.3 Å². The molecule has 0 radical (unpaired) electrons. The summed E-state index contributed by atoms with van der Waals surface area (Å²) in [7, 11) is 0. The molecule has 2 rings (SSSR count). The number of nitrogens with zero attached hydrogens (tertiary/aromatic N) is 1. The summed E-state index contributed by atoms with van der Waals surface area (Å²) >= 11 is 0. The summed E-state index contributed by atoms with van der Waals surface area (Å²) < 4.78 is 15.6. The smallest absolute Gasteiger partial charge is 0.407 e. The Morgan fingerprint density at radius 3 is 2.48 bits per heavy atom. The summed E-state index contributed by atoms with van der Waals surface area (Å²) in [5.74, 6) is -0.976. The fourth-order valence-electron chi connectivity index (χ4n) is 2.81. The van der Waals surface area contributed by atoms with Crippen molar-refractivity contribution in [2.45, 2.75) is 25.5 Å². The van der Waals surface area contributed by atoms with E-state index in [1.807, 2.05) is 30.3 Å². The van der Waals surface area contributed by atoms with Crippen LogP contribution in [0.15, 0.2) is 30.3 Å². The largest absolute Gasteiger partial charge is 0.480 e. The molecule has 2 N–H and O–H groups in total. The number of carboxylic acids is 1. The van der Waals surface area contributed by atoms with E-state index in [-0.39, 0.29) is 32.0 Å². The number of benzene rings is 1. The molecular weight excluding hydrogens is 352 g/mol. The Labute approximate surface area is 159 Å². The molecule has 0 unspecified atom stereocenters. The monoisotopic (exact) mass is 380 g/mol. The van der Waals surface area contributed by atoms with Gasteiger partial charge in [0.1, 0.15) is 13.2 Å². The molecule has 0 spiro atoms. The van der Waals surface area contributed by atoms with Crippen molar-refractivity contribution in [1.29, 1.82) is 0 Å². The van der Waals surface area contributed by atoms with Crippen LogP contribution in [0, 0.1) is 0 Å². The number of ether oxygens (including phenoxy) is 3. The van der Waals surface area contributed by atoms with Crippen LogP contribution < -0.4 is 5.32 Å². The van der Waals surface area contributed by atoms with E-state index in [9.17, 15) is 9.59 Å². The number of piperidine rings is 1. The van der Waals surface area contributed by atoms with E-state index in [0.29, 0.717) is 13.2 Å². The molecule has 1 heterocycles. The average Bonchev–Trinajstić information content (AvgIpc) is 2.67. The van der Waals surface area contributed by atoms with Gasteiger partial charge < -0.3 is 29.5 Å². The maximum Gasteiger partial charge on any atom is 0.407 e. The van der Waals surface area contributed by atoms with Crippen molar-refractivity contribution in [2.75, 3.05) is 46.1 Å². The van der Waals surface area contributed by atoms with Gasteiger partial charge in [-0.25, -0.2) is 9.59 Å². The van der Waals surface area contributed by atoms with Crippen molar-refractivity contribution in [2.24, 2.45) is 0 Å². The van der Waals surface area contributed by atoms with E-state index < -0.39 is 5.97 Å². The quantitative estimate of drug-likeness (QED) is 0.562. The predicted molar refractivity (Wildman–Crippen MR) is 98.5 cm³/mol.